The van der Waals surface area contributed by atoms with Crippen LogP contribution in [0.4, 0.5) is 0 Å². The van der Waals surface area contributed by atoms with Crippen LogP contribution in [0.25, 0.3) is 96.8 Å². The van der Waals surface area contributed by atoms with E-state index in [9.17, 15) is 0 Å². The molecule has 0 spiro atoms. The minimum Gasteiger partial charge on any atom is -0.462 e. The molecule has 46 heavy (non-hydrogen) atoms. The highest BCUT2D eigenvalue weighted by molar-refractivity contribution is 7.27. The van der Waals surface area contributed by atoms with Crippen molar-refractivity contribution in [3.63, 3.8) is 0 Å². The first-order chi connectivity index (χ1) is 22.8. The van der Waals surface area contributed by atoms with E-state index in [-0.39, 0.29) is 0 Å². The fourth-order valence-corrected chi connectivity index (χ4v) is 8.77. The van der Waals surface area contributed by atoms with Gasteiger partial charge in [0.25, 0.3) is 0 Å². The van der Waals surface area contributed by atoms with Gasteiger partial charge in [-0.1, -0.05) is 140 Å². The molecule has 2 heteroatoms. The standard InChI is InChI=1S/C44H26OS/c1-2-12-28(13-3-1)39-26-45-42-35(39)23-24-37-36-19-10-20-38(43(36)46-44(37)42)41-33-17-8-6-15-31(33)40(32-16-7-9-18-34(32)41)30-22-21-27-11-4-5-14-29(27)25-30/h1-26H. The summed E-state index contributed by atoms with van der Waals surface area (Å²) in [5.74, 6) is 0. The van der Waals surface area contributed by atoms with Crippen LogP contribution >= 0.6 is 11.3 Å². The lowest BCUT2D eigenvalue weighted by Crippen LogP contribution is -1.91. The third kappa shape index (κ3) is 3.68. The molecule has 10 aromatic rings. The summed E-state index contributed by atoms with van der Waals surface area (Å²) in [6, 6.07) is 55.1. The molecule has 1 nitrogen and oxygen atoms in total. The van der Waals surface area contributed by atoms with Gasteiger partial charge in [-0.2, -0.15) is 0 Å². The zero-order valence-electron chi connectivity index (χ0n) is 24.8. The van der Waals surface area contributed by atoms with Gasteiger partial charge in [0.1, 0.15) is 0 Å². The van der Waals surface area contributed by atoms with Crippen LogP contribution in [-0.4, -0.2) is 0 Å². The molecule has 2 heterocycles. The Balaban J connectivity index is 1.28. The summed E-state index contributed by atoms with van der Waals surface area (Å²) in [6.45, 7) is 0. The van der Waals surface area contributed by atoms with Crippen LogP contribution in [0.5, 0.6) is 0 Å². The Bertz CT molecular complexity index is 2740. The van der Waals surface area contributed by atoms with Gasteiger partial charge >= 0.3 is 0 Å². The van der Waals surface area contributed by atoms with Crippen molar-refractivity contribution in [3.05, 3.63) is 158 Å². The second kappa shape index (κ2) is 9.90. The highest BCUT2D eigenvalue weighted by atomic mass is 32.1. The molecule has 8 aromatic carbocycles. The highest BCUT2D eigenvalue weighted by Gasteiger charge is 2.21. The maximum absolute atomic E-state index is 6.34. The van der Waals surface area contributed by atoms with Crippen molar-refractivity contribution in [1.29, 1.82) is 0 Å². The molecule has 10 rings (SSSR count). The van der Waals surface area contributed by atoms with Gasteiger partial charge < -0.3 is 4.42 Å². The molecule has 0 saturated heterocycles. The number of thiophene rings is 1. The minimum absolute atomic E-state index is 0.963. The van der Waals surface area contributed by atoms with E-state index in [0.29, 0.717) is 0 Å². The maximum atomic E-state index is 6.34. The van der Waals surface area contributed by atoms with Gasteiger partial charge in [-0.15, -0.1) is 11.3 Å². The first kappa shape index (κ1) is 25.6. The number of benzene rings is 8. The van der Waals surface area contributed by atoms with E-state index >= 15 is 0 Å². The van der Waals surface area contributed by atoms with Gasteiger partial charge in [0.2, 0.25) is 0 Å². The van der Waals surface area contributed by atoms with Gasteiger partial charge in [0, 0.05) is 32.0 Å². The summed E-state index contributed by atoms with van der Waals surface area (Å²) in [6.07, 6.45) is 1.91. The SMILES string of the molecule is c1ccc(-c2coc3c2ccc2c4cccc(-c5c6ccccc6c(-c6ccc7ccccc7c6)c6ccccc56)c4sc23)cc1. The largest absolute Gasteiger partial charge is 0.462 e. The van der Waals surface area contributed by atoms with E-state index in [0.717, 1.165) is 16.5 Å². The lowest BCUT2D eigenvalue weighted by atomic mass is 9.85. The number of rotatable bonds is 3. The average Bonchev–Trinajstić information content (AvgIpc) is 3.73. The lowest BCUT2D eigenvalue weighted by molar-refractivity contribution is 0.621. The highest BCUT2D eigenvalue weighted by Crippen LogP contribution is 2.49. The van der Waals surface area contributed by atoms with Gasteiger partial charge in [0.15, 0.2) is 5.58 Å². The monoisotopic (exact) mass is 602 g/mol. The molecule has 0 fully saturated rings. The van der Waals surface area contributed by atoms with Gasteiger partial charge in [-0.25, -0.2) is 0 Å². The minimum atomic E-state index is 0.963. The van der Waals surface area contributed by atoms with Crippen molar-refractivity contribution in [2.24, 2.45) is 0 Å². The summed E-state index contributed by atoms with van der Waals surface area (Å²) < 4.78 is 8.82. The smallest absolute Gasteiger partial charge is 0.152 e. The second-order valence-corrected chi connectivity index (χ2v) is 13.0. The van der Waals surface area contributed by atoms with E-state index in [1.54, 1.807) is 0 Å². The Hall–Kier alpha value is -5.70. The summed E-state index contributed by atoms with van der Waals surface area (Å²) in [4.78, 5) is 0. The average molecular weight is 603 g/mol. The lowest BCUT2D eigenvalue weighted by Gasteiger charge is -2.18. The van der Waals surface area contributed by atoms with Crippen LogP contribution in [0.3, 0.4) is 0 Å². The van der Waals surface area contributed by atoms with Crippen LogP contribution in [0.2, 0.25) is 0 Å². The Kier molecular flexibility index (Phi) is 5.51. The van der Waals surface area contributed by atoms with E-state index < -0.39 is 0 Å². The number of fused-ring (bicyclic) bond motifs is 8. The molecule has 0 amide bonds. The molecular formula is C44H26OS. The molecule has 214 valence electrons. The van der Waals surface area contributed by atoms with E-state index in [1.807, 2.05) is 17.6 Å². The summed E-state index contributed by atoms with van der Waals surface area (Å²) in [7, 11) is 0. The van der Waals surface area contributed by atoms with Crippen molar-refractivity contribution < 1.29 is 4.42 Å². The predicted molar refractivity (Wildman–Crippen MR) is 198 cm³/mol. The molecule has 0 aliphatic heterocycles. The first-order valence-electron chi connectivity index (χ1n) is 15.7. The van der Waals surface area contributed by atoms with Crippen LogP contribution in [0.15, 0.2) is 162 Å². The first-order valence-corrected chi connectivity index (χ1v) is 16.5. The zero-order chi connectivity index (χ0) is 30.2. The molecule has 0 N–H and O–H groups in total. The fraction of sp³-hybridized carbons (Fsp3) is 0. The molecule has 0 unspecified atom stereocenters. The van der Waals surface area contributed by atoms with Crippen molar-refractivity contribution in [1.82, 2.24) is 0 Å². The van der Waals surface area contributed by atoms with Gasteiger partial charge in [-0.3, -0.25) is 0 Å². The zero-order valence-corrected chi connectivity index (χ0v) is 25.6. The van der Waals surface area contributed by atoms with Crippen LogP contribution in [0.1, 0.15) is 0 Å². The topological polar surface area (TPSA) is 13.1 Å². The van der Waals surface area contributed by atoms with Crippen molar-refractivity contribution in [3.8, 4) is 33.4 Å². The van der Waals surface area contributed by atoms with Crippen molar-refractivity contribution in [2.45, 2.75) is 0 Å². The Morgan fingerprint density at radius 2 is 0.978 bits per heavy atom. The normalized spacial score (nSPS) is 11.9. The van der Waals surface area contributed by atoms with Crippen LogP contribution in [-0.2, 0) is 0 Å². The number of hydrogen-bond donors (Lipinski definition) is 0. The van der Waals surface area contributed by atoms with E-state index in [4.69, 9.17) is 4.42 Å². The summed E-state index contributed by atoms with van der Waals surface area (Å²) in [5.41, 5.74) is 8.35. The Morgan fingerprint density at radius 1 is 0.370 bits per heavy atom. The Morgan fingerprint density at radius 3 is 1.74 bits per heavy atom. The van der Waals surface area contributed by atoms with E-state index in [1.165, 1.54) is 80.3 Å². The summed E-state index contributed by atoms with van der Waals surface area (Å²) in [5, 5.41) is 11.3. The van der Waals surface area contributed by atoms with Crippen molar-refractivity contribution >= 4 is 74.8 Å². The van der Waals surface area contributed by atoms with Gasteiger partial charge in [0.05, 0.1) is 11.0 Å². The third-order valence-electron chi connectivity index (χ3n) is 9.53. The van der Waals surface area contributed by atoms with Crippen molar-refractivity contribution in [2.75, 3.05) is 0 Å². The van der Waals surface area contributed by atoms with Crippen LogP contribution < -0.4 is 0 Å². The third-order valence-corrected chi connectivity index (χ3v) is 10.8. The molecule has 0 radical (unpaired) electrons. The molecule has 0 aliphatic rings. The van der Waals surface area contributed by atoms with E-state index in [2.05, 4.69) is 152 Å². The molecular weight excluding hydrogens is 577 g/mol. The predicted octanol–water partition coefficient (Wildman–Crippen LogP) is 13.3. The number of hydrogen-bond acceptors (Lipinski definition) is 2. The number of furan rings is 1. The van der Waals surface area contributed by atoms with Crippen LogP contribution in [0, 0.1) is 0 Å². The molecule has 2 aromatic heterocycles. The maximum Gasteiger partial charge on any atom is 0.152 e. The Labute approximate surface area is 269 Å². The molecule has 0 atom stereocenters. The summed E-state index contributed by atoms with van der Waals surface area (Å²) >= 11 is 1.85. The fourth-order valence-electron chi connectivity index (χ4n) is 7.46. The van der Waals surface area contributed by atoms with Gasteiger partial charge in [-0.05, 0) is 66.7 Å². The molecule has 0 bridgehead atoms. The second-order valence-electron chi connectivity index (χ2n) is 12.0. The quantitative estimate of drug-likeness (QED) is 0.183. The molecule has 0 saturated carbocycles. The molecule has 0 aliphatic carbocycles.